The maximum absolute atomic E-state index is 13.0. The van der Waals surface area contributed by atoms with E-state index in [0.29, 0.717) is 31.1 Å². The highest BCUT2D eigenvalue weighted by molar-refractivity contribution is 7.20. The van der Waals surface area contributed by atoms with Crippen molar-refractivity contribution in [3.05, 3.63) is 28.8 Å². The van der Waals surface area contributed by atoms with Gasteiger partial charge in [-0.15, -0.1) is 11.3 Å². The van der Waals surface area contributed by atoms with Gasteiger partial charge in [-0.3, -0.25) is 14.5 Å². The summed E-state index contributed by atoms with van der Waals surface area (Å²) in [7, 11) is 0. The van der Waals surface area contributed by atoms with Crippen LogP contribution in [0.3, 0.4) is 0 Å². The standard InChI is InChI=1S/C22H30N4O4S/c27-12-8-23-21(29)20-19(16-6-5-7-24-22(16)31-20)17-14-26(11-13-30-17)18(28)15-25-9-3-1-2-4-10-25/h5-7,17,27H,1-4,8-15H2,(H,23,29)/t17-/m0/s1. The Balaban J connectivity index is 1.53. The van der Waals surface area contributed by atoms with E-state index in [2.05, 4.69) is 15.2 Å². The number of rotatable bonds is 6. The van der Waals surface area contributed by atoms with Crippen LogP contribution in [0.25, 0.3) is 10.2 Å². The summed E-state index contributed by atoms with van der Waals surface area (Å²) in [5.74, 6) is -0.122. The summed E-state index contributed by atoms with van der Waals surface area (Å²) in [6.07, 6.45) is 6.11. The Hall–Kier alpha value is -2.07. The van der Waals surface area contributed by atoms with Crippen molar-refractivity contribution >= 4 is 33.4 Å². The molecule has 2 aliphatic rings. The van der Waals surface area contributed by atoms with Gasteiger partial charge in [0.1, 0.15) is 15.8 Å². The summed E-state index contributed by atoms with van der Waals surface area (Å²) in [5, 5.41) is 12.7. The number of morpholine rings is 1. The highest BCUT2D eigenvalue weighted by Crippen LogP contribution is 2.37. The largest absolute Gasteiger partial charge is 0.395 e. The molecular formula is C22H30N4O4S. The molecule has 2 fully saturated rings. The summed E-state index contributed by atoms with van der Waals surface area (Å²) < 4.78 is 6.06. The maximum atomic E-state index is 13.0. The summed E-state index contributed by atoms with van der Waals surface area (Å²) in [6.45, 7) is 3.90. The van der Waals surface area contributed by atoms with Gasteiger partial charge in [-0.25, -0.2) is 4.98 Å². The molecule has 0 aromatic carbocycles. The first-order chi connectivity index (χ1) is 15.2. The Morgan fingerprint density at radius 1 is 1.23 bits per heavy atom. The molecule has 0 unspecified atom stereocenters. The fraction of sp³-hybridized carbons (Fsp3) is 0.591. The first-order valence-corrected chi connectivity index (χ1v) is 11.9. The molecule has 2 amide bonds. The zero-order valence-corrected chi connectivity index (χ0v) is 18.5. The monoisotopic (exact) mass is 446 g/mol. The fourth-order valence-corrected chi connectivity index (χ4v) is 5.44. The third-order valence-electron chi connectivity index (χ3n) is 5.91. The van der Waals surface area contributed by atoms with E-state index >= 15 is 0 Å². The van der Waals surface area contributed by atoms with Gasteiger partial charge in [0.2, 0.25) is 5.91 Å². The third kappa shape index (κ3) is 5.23. The molecule has 2 N–H and O–H groups in total. The molecule has 4 rings (SSSR count). The SMILES string of the molecule is O=C(NCCO)c1sc2ncccc2c1[C@@H]1CN(C(=O)CN2CCCCCC2)CCO1. The molecular weight excluding hydrogens is 416 g/mol. The topological polar surface area (TPSA) is 95.0 Å². The lowest BCUT2D eigenvalue weighted by Crippen LogP contribution is -2.47. The molecule has 2 saturated heterocycles. The number of aliphatic hydroxyl groups is 1. The van der Waals surface area contributed by atoms with Gasteiger partial charge in [0.25, 0.3) is 5.91 Å². The molecule has 2 aliphatic heterocycles. The number of hydrogen-bond acceptors (Lipinski definition) is 7. The molecule has 9 heteroatoms. The number of ether oxygens (including phenoxy) is 1. The molecule has 0 spiro atoms. The molecule has 168 valence electrons. The van der Waals surface area contributed by atoms with Gasteiger partial charge >= 0.3 is 0 Å². The van der Waals surface area contributed by atoms with E-state index < -0.39 is 0 Å². The average Bonchev–Trinajstić information content (AvgIpc) is 3.00. The number of amides is 2. The fourth-order valence-electron chi connectivity index (χ4n) is 4.33. The smallest absolute Gasteiger partial charge is 0.261 e. The Morgan fingerprint density at radius 2 is 2.03 bits per heavy atom. The number of likely N-dealkylation sites (tertiary alicyclic amines) is 1. The molecule has 0 radical (unpaired) electrons. The lowest BCUT2D eigenvalue weighted by atomic mass is 10.0. The Labute approximate surface area is 186 Å². The zero-order valence-electron chi connectivity index (χ0n) is 17.7. The predicted molar refractivity (Wildman–Crippen MR) is 119 cm³/mol. The van der Waals surface area contributed by atoms with Gasteiger partial charge < -0.3 is 20.1 Å². The van der Waals surface area contributed by atoms with Crippen molar-refractivity contribution in [2.24, 2.45) is 0 Å². The van der Waals surface area contributed by atoms with Crippen LogP contribution < -0.4 is 5.32 Å². The van der Waals surface area contributed by atoms with Gasteiger partial charge in [-0.05, 0) is 32.0 Å². The highest BCUT2D eigenvalue weighted by Gasteiger charge is 2.32. The van der Waals surface area contributed by atoms with Crippen LogP contribution in [0.4, 0.5) is 0 Å². The van der Waals surface area contributed by atoms with Crippen LogP contribution in [0.1, 0.15) is 47.0 Å². The van der Waals surface area contributed by atoms with Crippen molar-refractivity contribution < 1.29 is 19.4 Å². The number of pyridine rings is 1. The molecule has 2 aromatic heterocycles. The normalized spacial score (nSPS) is 20.5. The van der Waals surface area contributed by atoms with E-state index in [1.165, 1.54) is 24.2 Å². The first-order valence-electron chi connectivity index (χ1n) is 11.1. The van der Waals surface area contributed by atoms with Gasteiger partial charge in [0.15, 0.2) is 0 Å². The van der Waals surface area contributed by atoms with Crippen molar-refractivity contribution in [3.63, 3.8) is 0 Å². The maximum Gasteiger partial charge on any atom is 0.261 e. The lowest BCUT2D eigenvalue weighted by molar-refractivity contribution is -0.140. The molecule has 0 saturated carbocycles. The van der Waals surface area contributed by atoms with Crippen molar-refractivity contribution in [1.29, 1.82) is 0 Å². The number of fused-ring (bicyclic) bond motifs is 1. The Bertz CT molecular complexity index is 910. The number of carbonyl (C=O) groups is 2. The minimum absolute atomic E-state index is 0.122. The van der Waals surface area contributed by atoms with Crippen LogP contribution in [0, 0.1) is 0 Å². The van der Waals surface area contributed by atoms with Gasteiger partial charge in [0.05, 0.1) is 26.3 Å². The first kappa shape index (κ1) is 22.1. The van der Waals surface area contributed by atoms with E-state index in [9.17, 15) is 9.59 Å². The van der Waals surface area contributed by atoms with Crippen molar-refractivity contribution in [3.8, 4) is 0 Å². The minimum atomic E-state index is -0.380. The molecule has 0 aliphatic carbocycles. The average molecular weight is 447 g/mol. The summed E-state index contributed by atoms with van der Waals surface area (Å²) in [4.78, 5) is 35.6. The van der Waals surface area contributed by atoms with Crippen LogP contribution in [-0.4, -0.2) is 84.2 Å². The van der Waals surface area contributed by atoms with Crippen molar-refractivity contribution in [2.45, 2.75) is 31.8 Å². The second kappa shape index (κ2) is 10.5. The van der Waals surface area contributed by atoms with E-state index in [1.807, 2.05) is 17.0 Å². The van der Waals surface area contributed by atoms with Crippen LogP contribution in [0.5, 0.6) is 0 Å². The summed E-state index contributed by atoms with van der Waals surface area (Å²) in [6, 6.07) is 3.79. The number of thiophene rings is 1. The summed E-state index contributed by atoms with van der Waals surface area (Å²) in [5.41, 5.74) is 0.788. The van der Waals surface area contributed by atoms with Crippen LogP contribution in [0.2, 0.25) is 0 Å². The second-order valence-corrected chi connectivity index (χ2v) is 9.07. The Morgan fingerprint density at radius 3 is 2.81 bits per heavy atom. The summed E-state index contributed by atoms with van der Waals surface area (Å²) >= 11 is 1.32. The van der Waals surface area contributed by atoms with Gasteiger partial charge in [0, 0.05) is 30.2 Å². The van der Waals surface area contributed by atoms with Gasteiger partial charge in [-0.2, -0.15) is 0 Å². The van der Waals surface area contributed by atoms with Crippen LogP contribution in [-0.2, 0) is 9.53 Å². The molecule has 4 heterocycles. The highest BCUT2D eigenvalue weighted by atomic mass is 32.1. The van der Waals surface area contributed by atoms with E-state index in [1.54, 1.807) is 6.20 Å². The van der Waals surface area contributed by atoms with E-state index in [4.69, 9.17) is 9.84 Å². The number of aliphatic hydroxyl groups excluding tert-OH is 1. The molecule has 1 atom stereocenters. The number of aromatic nitrogens is 1. The number of nitrogens with zero attached hydrogens (tertiary/aromatic N) is 3. The predicted octanol–water partition coefficient (Wildman–Crippen LogP) is 1.79. The number of carbonyl (C=O) groups excluding carboxylic acids is 2. The van der Waals surface area contributed by atoms with Crippen molar-refractivity contribution in [1.82, 2.24) is 20.1 Å². The number of nitrogens with one attached hydrogen (secondary N) is 1. The minimum Gasteiger partial charge on any atom is -0.395 e. The molecule has 31 heavy (non-hydrogen) atoms. The number of hydrogen-bond donors (Lipinski definition) is 2. The lowest BCUT2D eigenvalue weighted by Gasteiger charge is -2.34. The molecule has 8 nitrogen and oxygen atoms in total. The molecule has 0 bridgehead atoms. The van der Waals surface area contributed by atoms with Gasteiger partial charge in [-0.1, -0.05) is 18.9 Å². The quantitative estimate of drug-likeness (QED) is 0.703. The Kier molecular flexibility index (Phi) is 7.49. The van der Waals surface area contributed by atoms with Crippen LogP contribution in [0.15, 0.2) is 18.3 Å². The van der Waals surface area contributed by atoms with Crippen LogP contribution >= 0.6 is 11.3 Å². The zero-order chi connectivity index (χ0) is 21.6. The van der Waals surface area contributed by atoms with E-state index in [-0.39, 0.29) is 31.1 Å². The van der Waals surface area contributed by atoms with Crippen molar-refractivity contribution in [2.75, 3.05) is 52.5 Å². The second-order valence-electron chi connectivity index (χ2n) is 8.07. The van der Waals surface area contributed by atoms with E-state index in [0.717, 1.165) is 41.7 Å². The third-order valence-corrected chi connectivity index (χ3v) is 7.04. The molecule has 2 aromatic rings.